The Hall–Kier alpha value is -3.10. The van der Waals surface area contributed by atoms with Crippen LogP contribution in [-0.2, 0) is 11.3 Å². The molecular formula is C24H28FN5O2. The van der Waals surface area contributed by atoms with Crippen molar-refractivity contribution in [2.45, 2.75) is 32.5 Å². The zero-order chi connectivity index (χ0) is 22.5. The van der Waals surface area contributed by atoms with Crippen molar-refractivity contribution < 1.29 is 13.7 Å². The van der Waals surface area contributed by atoms with E-state index in [9.17, 15) is 9.18 Å². The van der Waals surface area contributed by atoms with Gasteiger partial charge in [0, 0.05) is 38.3 Å². The highest BCUT2D eigenvalue weighted by atomic mass is 19.1. The largest absolute Gasteiger partial charge is 0.351 e. The van der Waals surface area contributed by atoms with Crippen molar-refractivity contribution in [2.75, 3.05) is 26.2 Å². The summed E-state index contributed by atoms with van der Waals surface area (Å²) < 4.78 is 18.5. The van der Waals surface area contributed by atoms with Gasteiger partial charge in [-0.05, 0) is 31.5 Å². The van der Waals surface area contributed by atoms with Gasteiger partial charge in [-0.15, -0.1) is 0 Å². The van der Waals surface area contributed by atoms with E-state index in [0.717, 1.165) is 37.3 Å². The summed E-state index contributed by atoms with van der Waals surface area (Å²) in [4.78, 5) is 21.6. The fraction of sp³-hybridized carbons (Fsp3) is 0.375. The number of rotatable bonds is 7. The van der Waals surface area contributed by atoms with Gasteiger partial charge in [-0.2, -0.15) is 4.98 Å². The number of hydrogen-bond donors (Lipinski definition) is 1. The molecular weight excluding hydrogens is 409 g/mol. The third-order valence-corrected chi connectivity index (χ3v) is 6.03. The Kier molecular flexibility index (Phi) is 6.92. The molecule has 2 aromatic carbocycles. The number of nitrogens with one attached hydrogen (secondary N) is 1. The highest BCUT2D eigenvalue weighted by Gasteiger charge is 2.29. The van der Waals surface area contributed by atoms with Crippen LogP contribution in [0.5, 0.6) is 0 Å². The number of benzene rings is 2. The number of halogens is 1. The Balaban J connectivity index is 1.27. The zero-order valence-corrected chi connectivity index (χ0v) is 18.4. The number of carbonyl (C=O) groups excluding carboxylic acids is 1. The molecule has 32 heavy (non-hydrogen) atoms. The van der Waals surface area contributed by atoms with Crippen molar-refractivity contribution in [3.05, 3.63) is 71.9 Å². The third-order valence-electron chi connectivity index (χ3n) is 6.03. The number of nitrogens with zero attached hydrogens (tertiary/aromatic N) is 4. The molecule has 4 rings (SSSR count). The van der Waals surface area contributed by atoms with E-state index in [1.165, 1.54) is 12.1 Å². The number of piperazine rings is 1. The Morgan fingerprint density at radius 3 is 2.38 bits per heavy atom. The van der Waals surface area contributed by atoms with Crippen LogP contribution >= 0.6 is 0 Å². The Bertz CT molecular complexity index is 1020. The van der Waals surface area contributed by atoms with Gasteiger partial charge in [0.15, 0.2) is 0 Å². The summed E-state index contributed by atoms with van der Waals surface area (Å²) in [7, 11) is 0. The molecule has 1 aromatic heterocycles. The van der Waals surface area contributed by atoms with E-state index in [-0.39, 0.29) is 23.8 Å². The molecule has 0 spiro atoms. The molecule has 2 unspecified atom stereocenters. The maximum atomic E-state index is 13.0. The first kappa shape index (κ1) is 22.1. The molecule has 8 heteroatoms. The lowest BCUT2D eigenvalue weighted by Crippen LogP contribution is -2.54. The molecule has 168 valence electrons. The highest BCUT2D eigenvalue weighted by Crippen LogP contribution is 2.23. The van der Waals surface area contributed by atoms with E-state index in [2.05, 4.69) is 32.2 Å². The molecule has 1 aliphatic rings. The third kappa shape index (κ3) is 5.20. The molecule has 1 N–H and O–H groups in total. The van der Waals surface area contributed by atoms with E-state index in [1.807, 2.05) is 37.3 Å². The van der Waals surface area contributed by atoms with Gasteiger partial charge in [-0.1, -0.05) is 47.6 Å². The summed E-state index contributed by atoms with van der Waals surface area (Å²) >= 11 is 0. The second kappa shape index (κ2) is 10.0. The minimum Gasteiger partial charge on any atom is -0.351 e. The first-order chi connectivity index (χ1) is 15.5. The molecule has 2 atom stereocenters. The van der Waals surface area contributed by atoms with Gasteiger partial charge < -0.3 is 9.84 Å². The van der Waals surface area contributed by atoms with Gasteiger partial charge >= 0.3 is 0 Å². The molecule has 1 aliphatic heterocycles. The molecule has 3 aromatic rings. The number of amides is 1. The van der Waals surface area contributed by atoms with Gasteiger partial charge in [-0.3, -0.25) is 14.6 Å². The normalized spacial score (nSPS) is 17.1. The van der Waals surface area contributed by atoms with Crippen LogP contribution in [0, 0.1) is 5.82 Å². The monoisotopic (exact) mass is 437 g/mol. The van der Waals surface area contributed by atoms with E-state index in [1.54, 1.807) is 12.1 Å². The molecule has 7 nitrogen and oxygen atoms in total. The lowest BCUT2D eigenvalue weighted by Gasteiger charge is -2.39. The molecule has 0 bridgehead atoms. The topological polar surface area (TPSA) is 74.5 Å². The Labute approximate surface area is 187 Å². The van der Waals surface area contributed by atoms with Gasteiger partial charge in [0.2, 0.25) is 17.6 Å². The fourth-order valence-corrected chi connectivity index (χ4v) is 3.88. The van der Waals surface area contributed by atoms with Crippen LogP contribution in [0.25, 0.3) is 11.4 Å². The Morgan fingerprint density at radius 2 is 1.69 bits per heavy atom. The summed E-state index contributed by atoms with van der Waals surface area (Å²) in [5, 5.41) is 7.07. The maximum Gasteiger partial charge on any atom is 0.244 e. The Morgan fingerprint density at radius 1 is 1.03 bits per heavy atom. The van der Waals surface area contributed by atoms with Crippen molar-refractivity contribution in [1.29, 1.82) is 0 Å². The fourth-order valence-electron chi connectivity index (χ4n) is 3.88. The lowest BCUT2D eigenvalue weighted by atomic mass is 10.1. The van der Waals surface area contributed by atoms with Crippen LogP contribution in [0.1, 0.15) is 31.3 Å². The van der Waals surface area contributed by atoms with Crippen molar-refractivity contribution in [3.63, 3.8) is 0 Å². The molecule has 0 radical (unpaired) electrons. The van der Waals surface area contributed by atoms with Crippen LogP contribution in [0.15, 0.2) is 59.1 Å². The minimum absolute atomic E-state index is 0.00437. The second-order valence-electron chi connectivity index (χ2n) is 8.09. The lowest BCUT2D eigenvalue weighted by molar-refractivity contribution is -0.126. The van der Waals surface area contributed by atoms with E-state index >= 15 is 0 Å². The predicted octanol–water partition coefficient (Wildman–Crippen LogP) is 3.26. The molecule has 2 heterocycles. The molecule has 1 fully saturated rings. The molecule has 1 saturated heterocycles. The van der Waals surface area contributed by atoms with Gasteiger partial charge in [0.05, 0.1) is 12.1 Å². The SMILES string of the molecule is CC(C(=O)NCc1ccc(F)cc1)N1CCN(C(C)c2nc(-c3ccccc3)no2)CC1. The average molecular weight is 438 g/mol. The zero-order valence-electron chi connectivity index (χ0n) is 18.4. The number of carbonyl (C=O) groups is 1. The van der Waals surface area contributed by atoms with Gasteiger partial charge in [0.1, 0.15) is 5.82 Å². The summed E-state index contributed by atoms with van der Waals surface area (Å²) in [6.07, 6.45) is 0. The molecule has 1 amide bonds. The minimum atomic E-state index is -0.280. The number of aromatic nitrogens is 2. The quantitative estimate of drug-likeness (QED) is 0.612. The van der Waals surface area contributed by atoms with Crippen LogP contribution in [0.2, 0.25) is 0 Å². The van der Waals surface area contributed by atoms with Crippen LogP contribution in [0.3, 0.4) is 0 Å². The highest BCUT2D eigenvalue weighted by molar-refractivity contribution is 5.81. The maximum absolute atomic E-state index is 13.0. The smallest absolute Gasteiger partial charge is 0.244 e. The van der Waals surface area contributed by atoms with Crippen LogP contribution in [-0.4, -0.2) is 58.1 Å². The predicted molar refractivity (Wildman–Crippen MR) is 119 cm³/mol. The summed E-state index contributed by atoms with van der Waals surface area (Å²) in [6.45, 7) is 7.53. The van der Waals surface area contributed by atoms with Crippen LogP contribution < -0.4 is 5.32 Å². The van der Waals surface area contributed by atoms with Crippen molar-refractivity contribution in [1.82, 2.24) is 25.3 Å². The van der Waals surface area contributed by atoms with E-state index in [0.29, 0.717) is 18.3 Å². The molecule has 0 aliphatic carbocycles. The van der Waals surface area contributed by atoms with E-state index in [4.69, 9.17) is 4.52 Å². The second-order valence-corrected chi connectivity index (χ2v) is 8.09. The summed E-state index contributed by atoms with van der Waals surface area (Å²) in [5.41, 5.74) is 1.81. The van der Waals surface area contributed by atoms with Crippen molar-refractivity contribution >= 4 is 5.91 Å². The number of hydrogen-bond acceptors (Lipinski definition) is 6. The molecule has 0 saturated carbocycles. The van der Waals surface area contributed by atoms with Gasteiger partial charge in [0.25, 0.3) is 0 Å². The van der Waals surface area contributed by atoms with Gasteiger partial charge in [-0.25, -0.2) is 4.39 Å². The average Bonchev–Trinajstić information content (AvgIpc) is 3.34. The van der Waals surface area contributed by atoms with Crippen LogP contribution in [0.4, 0.5) is 4.39 Å². The first-order valence-corrected chi connectivity index (χ1v) is 10.9. The standard InChI is InChI=1S/C24H28FN5O2/c1-17(23(31)26-16-19-8-10-21(25)11-9-19)29-12-14-30(15-13-29)18(2)24-27-22(28-32-24)20-6-4-3-5-7-20/h3-11,17-18H,12-16H2,1-2H3,(H,26,31). The first-order valence-electron chi connectivity index (χ1n) is 10.9. The van der Waals surface area contributed by atoms with E-state index < -0.39 is 0 Å². The summed E-state index contributed by atoms with van der Waals surface area (Å²) in [5.74, 6) is 0.887. The van der Waals surface area contributed by atoms with Crippen molar-refractivity contribution in [3.8, 4) is 11.4 Å². The van der Waals surface area contributed by atoms with Crippen molar-refractivity contribution in [2.24, 2.45) is 0 Å². The summed E-state index contributed by atoms with van der Waals surface area (Å²) in [6, 6.07) is 15.7.